The fourth-order valence-electron chi connectivity index (χ4n) is 1.62. The van der Waals surface area contributed by atoms with Crippen molar-refractivity contribution in [2.75, 3.05) is 12.8 Å². The second-order valence-electron chi connectivity index (χ2n) is 3.90. The van der Waals surface area contributed by atoms with E-state index in [1.54, 1.807) is 24.9 Å². The Kier molecular flexibility index (Phi) is 4.86. The average molecular weight is 314 g/mol. The molecule has 0 aliphatic rings. The van der Waals surface area contributed by atoms with Gasteiger partial charge < -0.3 is 10.5 Å². The van der Waals surface area contributed by atoms with Gasteiger partial charge in [0, 0.05) is 32.4 Å². The molecule has 2 nitrogen and oxygen atoms in total. The lowest BCUT2D eigenvalue weighted by molar-refractivity contribution is 0.405. The lowest BCUT2D eigenvalue weighted by atomic mass is 10.2. The van der Waals surface area contributed by atoms with E-state index >= 15 is 0 Å². The Labute approximate surface area is 126 Å². The average Bonchev–Trinajstić information content (AvgIpc) is 2.39. The molecule has 0 unspecified atom stereocenters. The van der Waals surface area contributed by atoms with Crippen LogP contribution in [0.5, 0.6) is 5.75 Å². The van der Waals surface area contributed by atoms with Crippen molar-refractivity contribution in [3.05, 3.63) is 52.0 Å². The summed E-state index contributed by atoms with van der Waals surface area (Å²) in [6, 6.07) is 11.1. The summed E-state index contributed by atoms with van der Waals surface area (Å²) >= 11 is 13.9. The summed E-state index contributed by atoms with van der Waals surface area (Å²) in [6.45, 7) is 0. The van der Waals surface area contributed by atoms with Gasteiger partial charge in [-0.2, -0.15) is 0 Å². The number of methoxy groups -OCH3 is 1. The molecule has 0 aliphatic carbocycles. The van der Waals surface area contributed by atoms with Crippen LogP contribution in [0, 0.1) is 0 Å². The van der Waals surface area contributed by atoms with Gasteiger partial charge in [-0.25, -0.2) is 0 Å². The Bertz CT molecular complexity index is 569. The first-order chi connectivity index (χ1) is 9.11. The van der Waals surface area contributed by atoms with Gasteiger partial charge in [-0.1, -0.05) is 29.3 Å². The van der Waals surface area contributed by atoms with Crippen LogP contribution in [-0.4, -0.2) is 7.11 Å². The third-order valence-electron chi connectivity index (χ3n) is 2.62. The van der Waals surface area contributed by atoms with Crippen molar-refractivity contribution in [2.45, 2.75) is 10.6 Å². The maximum absolute atomic E-state index is 6.15. The van der Waals surface area contributed by atoms with E-state index in [1.165, 1.54) is 0 Å². The second kappa shape index (κ2) is 6.42. The minimum Gasteiger partial charge on any atom is -0.496 e. The minimum atomic E-state index is 0.675. The summed E-state index contributed by atoms with van der Waals surface area (Å²) in [7, 11) is 1.63. The van der Waals surface area contributed by atoms with E-state index in [1.807, 2.05) is 30.3 Å². The Morgan fingerprint density at radius 3 is 2.47 bits per heavy atom. The molecule has 2 N–H and O–H groups in total. The van der Waals surface area contributed by atoms with E-state index in [-0.39, 0.29) is 0 Å². The predicted octanol–water partition coefficient (Wildman–Crippen LogP) is 4.88. The van der Waals surface area contributed by atoms with Crippen LogP contribution >= 0.6 is 35.0 Å². The number of nitrogen functional groups attached to an aromatic ring is 1. The molecule has 2 rings (SSSR count). The number of thioether (sulfide) groups is 1. The van der Waals surface area contributed by atoms with Gasteiger partial charge in [0.15, 0.2) is 0 Å². The van der Waals surface area contributed by atoms with Crippen LogP contribution in [-0.2, 0) is 5.75 Å². The Balaban J connectivity index is 2.19. The summed E-state index contributed by atoms with van der Waals surface area (Å²) in [4.78, 5) is 1.01. The lowest BCUT2D eigenvalue weighted by Gasteiger charge is -2.10. The maximum Gasteiger partial charge on any atom is 0.134 e. The normalized spacial score (nSPS) is 10.5. The monoisotopic (exact) mass is 313 g/mol. The highest BCUT2D eigenvalue weighted by molar-refractivity contribution is 7.98. The second-order valence-corrected chi connectivity index (χ2v) is 5.73. The van der Waals surface area contributed by atoms with Crippen LogP contribution in [0.4, 0.5) is 5.69 Å². The standard InChI is InChI=1S/C14H13Cl2NOS/c1-18-13-7-9(17)5-6-14(13)19-8-10-11(15)3-2-4-12(10)16/h2-7H,8,17H2,1H3. The van der Waals surface area contributed by atoms with Crippen LogP contribution in [0.2, 0.25) is 10.0 Å². The molecule has 19 heavy (non-hydrogen) atoms. The van der Waals surface area contributed by atoms with Crippen molar-refractivity contribution in [2.24, 2.45) is 0 Å². The first kappa shape index (κ1) is 14.4. The molecule has 100 valence electrons. The fourth-order valence-corrected chi connectivity index (χ4v) is 3.37. The van der Waals surface area contributed by atoms with E-state index in [0.29, 0.717) is 21.5 Å². The Hall–Kier alpha value is -1.03. The molecule has 5 heteroatoms. The number of halogens is 2. The van der Waals surface area contributed by atoms with Crippen LogP contribution in [0.25, 0.3) is 0 Å². The van der Waals surface area contributed by atoms with Crippen molar-refractivity contribution in [1.82, 2.24) is 0 Å². The van der Waals surface area contributed by atoms with Crippen LogP contribution < -0.4 is 10.5 Å². The van der Waals surface area contributed by atoms with Crippen molar-refractivity contribution in [3.63, 3.8) is 0 Å². The number of anilines is 1. The molecule has 2 aromatic carbocycles. The van der Waals surface area contributed by atoms with Crippen molar-refractivity contribution < 1.29 is 4.74 Å². The van der Waals surface area contributed by atoms with Crippen LogP contribution in [0.3, 0.4) is 0 Å². The summed E-state index contributed by atoms with van der Waals surface area (Å²) in [6.07, 6.45) is 0. The molecule has 0 heterocycles. The van der Waals surface area contributed by atoms with Gasteiger partial charge in [-0.05, 0) is 29.8 Å². The molecular weight excluding hydrogens is 301 g/mol. The van der Waals surface area contributed by atoms with Gasteiger partial charge in [0.1, 0.15) is 5.75 Å². The minimum absolute atomic E-state index is 0.675. The number of nitrogens with two attached hydrogens (primary N) is 1. The Morgan fingerprint density at radius 2 is 1.84 bits per heavy atom. The van der Waals surface area contributed by atoms with Gasteiger partial charge in [0.05, 0.1) is 7.11 Å². The maximum atomic E-state index is 6.15. The highest BCUT2D eigenvalue weighted by atomic mass is 35.5. The van der Waals surface area contributed by atoms with E-state index in [0.717, 1.165) is 16.2 Å². The first-order valence-corrected chi connectivity index (χ1v) is 7.35. The SMILES string of the molecule is COc1cc(N)ccc1SCc1c(Cl)cccc1Cl. The zero-order chi connectivity index (χ0) is 13.8. The van der Waals surface area contributed by atoms with Crippen molar-refractivity contribution in [3.8, 4) is 5.75 Å². The molecular formula is C14H13Cl2NOS. The van der Waals surface area contributed by atoms with Gasteiger partial charge in [0.2, 0.25) is 0 Å². The molecule has 2 aromatic rings. The molecule has 0 aliphatic heterocycles. The van der Waals surface area contributed by atoms with E-state index < -0.39 is 0 Å². The molecule has 0 spiro atoms. The van der Waals surface area contributed by atoms with Gasteiger partial charge >= 0.3 is 0 Å². The number of rotatable bonds is 4. The molecule has 0 saturated carbocycles. The molecule has 0 amide bonds. The number of ether oxygens (including phenoxy) is 1. The summed E-state index contributed by atoms with van der Waals surface area (Å²) in [5.74, 6) is 1.44. The topological polar surface area (TPSA) is 35.2 Å². The number of hydrogen-bond donors (Lipinski definition) is 1. The highest BCUT2D eigenvalue weighted by Crippen LogP contribution is 2.36. The molecule has 0 bridgehead atoms. The van der Waals surface area contributed by atoms with E-state index in [4.69, 9.17) is 33.7 Å². The van der Waals surface area contributed by atoms with E-state index in [2.05, 4.69) is 0 Å². The molecule has 0 atom stereocenters. The zero-order valence-corrected chi connectivity index (χ0v) is 12.6. The lowest BCUT2D eigenvalue weighted by Crippen LogP contribution is -1.91. The molecule has 0 aromatic heterocycles. The molecule has 0 saturated heterocycles. The number of benzene rings is 2. The fraction of sp³-hybridized carbons (Fsp3) is 0.143. The van der Waals surface area contributed by atoms with Crippen molar-refractivity contribution >= 4 is 40.7 Å². The van der Waals surface area contributed by atoms with E-state index in [9.17, 15) is 0 Å². The molecule has 0 fully saturated rings. The summed E-state index contributed by atoms with van der Waals surface area (Å²) < 4.78 is 5.31. The van der Waals surface area contributed by atoms with Gasteiger partial charge in [0.25, 0.3) is 0 Å². The predicted molar refractivity (Wildman–Crippen MR) is 83.4 cm³/mol. The highest BCUT2D eigenvalue weighted by Gasteiger charge is 2.09. The van der Waals surface area contributed by atoms with Gasteiger partial charge in [-0.15, -0.1) is 11.8 Å². The van der Waals surface area contributed by atoms with Crippen molar-refractivity contribution in [1.29, 1.82) is 0 Å². The number of hydrogen-bond acceptors (Lipinski definition) is 3. The summed E-state index contributed by atoms with van der Waals surface area (Å²) in [5, 5.41) is 1.35. The van der Waals surface area contributed by atoms with Gasteiger partial charge in [-0.3, -0.25) is 0 Å². The first-order valence-electron chi connectivity index (χ1n) is 5.61. The Morgan fingerprint density at radius 1 is 1.16 bits per heavy atom. The third kappa shape index (κ3) is 3.50. The summed E-state index contributed by atoms with van der Waals surface area (Å²) in [5.41, 5.74) is 7.33. The smallest absolute Gasteiger partial charge is 0.134 e. The van der Waals surface area contributed by atoms with Crippen LogP contribution in [0.1, 0.15) is 5.56 Å². The largest absolute Gasteiger partial charge is 0.496 e. The zero-order valence-electron chi connectivity index (χ0n) is 10.3. The van der Waals surface area contributed by atoms with Crippen LogP contribution in [0.15, 0.2) is 41.3 Å². The quantitative estimate of drug-likeness (QED) is 0.645. The third-order valence-corrected chi connectivity index (χ3v) is 4.41. The molecule has 0 radical (unpaired) electrons.